The Morgan fingerprint density at radius 1 is 0.938 bits per heavy atom. The highest BCUT2D eigenvalue weighted by atomic mass is 19.4. The van der Waals surface area contributed by atoms with Crippen LogP contribution in [0, 0.1) is 0 Å². The van der Waals surface area contributed by atoms with Crippen LogP contribution in [0.2, 0.25) is 0 Å². The first-order chi connectivity index (χ1) is 15.0. The lowest BCUT2D eigenvalue weighted by Crippen LogP contribution is -2.35. The molecule has 0 saturated heterocycles. The number of aromatic nitrogens is 2. The summed E-state index contributed by atoms with van der Waals surface area (Å²) in [6.07, 6.45) is -8.66. The van der Waals surface area contributed by atoms with Crippen LogP contribution in [0.4, 0.5) is 26.3 Å². The maximum absolute atomic E-state index is 13.3. The Balaban J connectivity index is 1.60. The minimum Gasteiger partial charge on any atom is -0.306 e. The summed E-state index contributed by atoms with van der Waals surface area (Å²) in [5, 5.41) is 0. The zero-order valence-electron chi connectivity index (χ0n) is 16.5. The SMILES string of the molecule is O=c1[nH]c(-c2ccc(C(F)(F)F)cc2)nc2c1CCN(Cc1ccccc1C(F)(F)F)C2. The first-order valence-corrected chi connectivity index (χ1v) is 9.69. The second-order valence-corrected chi connectivity index (χ2v) is 7.53. The van der Waals surface area contributed by atoms with Crippen molar-refractivity contribution in [3.05, 3.63) is 86.8 Å². The van der Waals surface area contributed by atoms with E-state index in [4.69, 9.17) is 0 Å². The first kappa shape index (κ1) is 22.1. The Morgan fingerprint density at radius 2 is 1.62 bits per heavy atom. The number of fused-ring (bicyclic) bond motifs is 1. The normalized spacial score (nSPS) is 14.9. The molecule has 0 amide bonds. The molecule has 0 fully saturated rings. The van der Waals surface area contributed by atoms with Crippen molar-refractivity contribution in [1.29, 1.82) is 0 Å². The number of hydrogen-bond acceptors (Lipinski definition) is 3. The summed E-state index contributed by atoms with van der Waals surface area (Å²) in [4.78, 5) is 21.2. The molecular formula is C22H17F6N3O. The average molecular weight is 453 g/mol. The Morgan fingerprint density at radius 3 is 2.28 bits per heavy atom. The Hall–Kier alpha value is -3.14. The van der Waals surface area contributed by atoms with E-state index in [1.54, 1.807) is 4.90 Å². The summed E-state index contributed by atoms with van der Waals surface area (Å²) >= 11 is 0. The highest BCUT2D eigenvalue weighted by Gasteiger charge is 2.34. The van der Waals surface area contributed by atoms with Crippen LogP contribution in [-0.2, 0) is 31.9 Å². The number of halogens is 6. The predicted molar refractivity (Wildman–Crippen MR) is 105 cm³/mol. The van der Waals surface area contributed by atoms with Crippen LogP contribution in [0.1, 0.15) is 27.9 Å². The van der Waals surface area contributed by atoms with Gasteiger partial charge in [0.15, 0.2) is 0 Å². The molecule has 1 aliphatic rings. The third-order valence-electron chi connectivity index (χ3n) is 5.35. The molecule has 0 aliphatic carbocycles. The molecule has 0 atom stereocenters. The molecule has 2 aromatic carbocycles. The number of aromatic amines is 1. The quantitative estimate of drug-likeness (QED) is 0.566. The summed E-state index contributed by atoms with van der Waals surface area (Å²) in [6.45, 7) is 0.557. The van der Waals surface area contributed by atoms with E-state index in [0.29, 0.717) is 29.8 Å². The molecule has 0 saturated carbocycles. The maximum atomic E-state index is 13.3. The summed E-state index contributed by atoms with van der Waals surface area (Å²) in [5.41, 5.74) is -0.680. The van der Waals surface area contributed by atoms with E-state index in [1.807, 2.05) is 0 Å². The van der Waals surface area contributed by atoms with Gasteiger partial charge in [-0.1, -0.05) is 30.3 Å². The van der Waals surface area contributed by atoms with E-state index in [-0.39, 0.29) is 24.5 Å². The fraction of sp³-hybridized carbons (Fsp3) is 0.273. The Labute approximate surface area is 178 Å². The molecule has 0 unspecified atom stereocenters. The van der Waals surface area contributed by atoms with Gasteiger partial charge in [0, 0.05) is 30.8 Å². The molecular weight excluding hydrogens is 436 g/mol. The topological polar surface area (TPSA) is 49.0 Å². The third-order valence-corrected chi connectivity index (χ3v) is 5.35. The van der Waals surface area contributed by atoms with Crippen molar-refractivity contribution in [1.82, 2.24) is 14.9 Å². The van der Waals surface area contributed by atoms with E-state index < -0.39 is 29.0 Å². The molecule has 0 radical (unpaired) electrons. The van der Waals surface area contributed by atoms with Crippen LogP contribution in [-0.4, -0.2) is 21.4 Å². The summed E-state index contributed by atoms with van der Waals surface area (Å²) in [5.74, 6) is 0.111. The second kappa shape index (κ2) is 8.09. The lowest BCUT2D eigenvalue weighted by molar-refractivity contribution is -0.139. The predicted octanol–water partition coefficient (Wildman–Crippen LogP) is 5.03. The van der Waals surface area contributed by atoms with Gasteiger partial charge in [-0.15, -0.1) is 0 Å². The molecule has 1 aromatic heterocycles. The number of alkyl halides is 6. The molecule has 0 spiro atoms. The Kier molecular flexibility index (Phi) is 5.58. The van der Waals surface area contributed by atoms with Gasteiger partial charge in [0.2, 0.25) is 0 Å². The van der Waals surface area contributed by atoms with E-state index >= 15 is 0 Å². The lowest BCUT2D eigenvalue weighted by atomic mass is 10.0. The maximum Gasteiger partial charge on any atom is 0.416 e. The molecule has 4 nitrogen and oxygen atoms in total. The van der Waals surface area contributed by atoms with Crippen LogP contribution >= 0.6 is 0 Å². The highest BCUT2D eigenvalue weighted by Crippen LogP contribution is 2.33. The van der Waals surface area contributed by atoms with Crippen molar-refractivity contribution in [2.45, 2.75) is 31.9 Å². The zero-order valence-corrected chi connectivity index (χ0v) is 16.5. The van der Waals surface area contributed by atoms with Crippen molar-refractivity contribution < 1.29 is 26.3 Å². The molecule has 1 N–H and O–H groups in total. The van der Waals surface area contributed by atoms with Crippen LogP contribution < -0.4 is 5.56 Å². The third kappa shape index (κ3) is 4.55. The van der Waals surface area contributed by atoms with Crippen molar-refractivity contribution in [3.8, 4) is 11.4 Å². The lowest BCUT2D eigenvalue weighted by Gasteiger charge is -2.28. The van der Waals surface area contributed by atoms with Crippen molar-refractivity contribution >= 4 is 0 Å². The molecule has 32 heavy (non-hydrogen) atoms. The average Bonchev–Trinajstić information content (AvgIpc) is 2.72. The van der Waals surface area contributed by atoms with E-state index in [9.17, 15) is 31.1 Å². The monoisotopic (exact) mass is 453 g/mol. The highest BCUT2D eigenvalue weighted by molar-refractivity contribution is 5.56. The van der Waals surface area contributed by atoms with E-state index in [0.717, 1.165) is 18.2 Å². The molecule has 10 heteroatoms. The summed E-state index contributed by atoms with van der Waals surface area (Å²) in [6, 6.07) is 9.53. The smallest absolute Gasteiger partial charge is 0.306 e. The molecule has 168 valence electrons. The molecule has 3 aromatic rings. The number of nitrogens with zero attached hydrogens (tertiary/aromatic N) is 2. The van der Waals surface area contributed by atoms with Gasteiger partial charge < -0.3 is 4.98 Å². The second-order valence-electron chi connectivity index (χ2n) is 7.53. The van der Waals surface area contributed by atoms with E-state index in [2.05, 4.69) is 9.97 Å². The van der Waals surface area contributed by atoms with Gasteiger partial charge in [0.25, 0.3) is 5.56 Å². The van der Waals surface area contributed by atoms with Crippen LogP contribution in [0.15, 0.2) is 53.3 Å². The number of rotatable bonds is 3. The summed E-state index contributed by atoms with van der Waals surface area (Å²) < 4.78 is 78.2. The van der Waals surface area contributed by atoms with Gasteiger partial charge in [0.1, 0.15) is 5.82 Å². The minimum absolute atomic E-state index is 0.0270. The number of benzene rings is 2. The molecule has 1 aliphatic heterocycles. The number of H-pyrrole nitrogens is 1. The molecule has 0 bridgehead atoms. The van der Waals surface area contributed by atoms with Crippen molar-refractivity contribution in [2.75, 3.05) is 6.54 Å². The molecule has 4 rings (SSSR count). The van der Waals surface area contributed by atoms with Gasteiger partial charge in [-0.05, 0) is 30.2 Å². The summed E-state index contributed by atoms with van der Waals surface area (Å²) in [7, 11) is 0. The van der Waals surface area contributed by atoms with E-state index in [1.165, 1.54) is 30.3 Å². The Bertz CT molecular complexity index is 1180. The standard InChI is InChI=1S/C22H17F6N3O/c23-21(24,25)15-7-5-13(6-8-15)19-29-18-12-31(10-9-16(18)20(32)30-19)11-14-3-1-2-4-17(14)22(26,27)28/h1-8H,9-12H2,(H,29,30,32). The number of hydrogen-bond donors (Lipinski definition) is 1. The van der Waals surface area contributed by atoms with Gasteiger partial charge in [0.05, 0.1) is 16.8 Å². The molecule has 2 heterocycles. The van der Waals surface area contributed by atoms with Crippen LogP contribution in [0.5, 0.6) is 0 Å². The largest absolute Gasteiger partial charge is 0.416 e. The minimum atomic E-state index is -4.48. The first-order valence-electron chi connectivity index (χ1n) is 9.69. The van der Waals surface area contributed by atoms with Crippen molar-refractivity contribution in [2.24, 2.45) is 0 Å². The van der Waals surface area contributed by atoms with Crippen LogP contribution in [0.25, 0.3) is 11.4 Å². The van der Waals surface area contributed by atoms with Crippen molar-refractivity contribution in [3.63, 3.8) is 0 Å². The fourth-order valence-electron chi connectivity index (χ4n) is 3.76. The fourth-order valence-corrected chi connectivity index (χ4v) is 3.76. The van der Waals surface area contributed by atoms with Crippen LogP contribution in [0.3, 0.4) is 0 Å². The van der Waals surface area contributed by atoms with Gasteiger partial charge >= 0.3 is 12.4 Å². The van der Waals surface area contributed by atoms with Gasteiger partial charge in [-0.2, -0.15) is 26.3 Å². The van der Waals surface area contributed by atoms with Gasteiger partial charge in [-0.25, -0.2) is 4.98 Å². The van der Waals surface area contributed by atoms with Gasteiger partial charge in [-0.3, -0.25) is 9.69 Å². The zero-order chi connectivity index (χ0) is 23.1. The number of nitrogens with one attached hydrogen (secondary N) is 1.